The van der Waals surface area contributed by atoms with Crippen molar-refractivity contribution in [1.82, 2.24) is 0 Å². The molecule has 0 fully saturated rings. The summed E-state index contributed by atoms with van der Waals surface area (Å²) >= 11 is 0. The number of carbonyl (C=O) groups is 1. The van der Waals surface area contributed by atoms with E-state index in [1.807, 2.05) is 24.3 Å². The van der Waals surface area contributed by atoms with Gasteiger partial charge in [0, 0.05) is 0 Å². The van der Waals surface area contributed by atoms with E-state index in [4.69, 9.17) is 4.74 Å². The van der Waals surface area contributed by atoms with E-state index < -0.39 is 5.82 Å². The van der Waals surface area contributed by atoms with Gasteiger partial charge in [-0.15, -0.1) is 0 Å². The average molecular weight is 310 g/mol. The Balaban J connectivity index is 1.91. The lowest BCUT2D eigenvalue weighted by Gasteiger charge is -2.11. The molecule has 3 rings (SSSR count). The van der Waals surface area contributed by atoms with Gasteiger partial charge in [-0.1, -0.05) is 18.2 Å². The number of hydrogen-bond donors (Lipinski definition) is 0. The summed E-state index contributed by atoms with van der Waals surface area (Å²) in [6.45, 7) is 1.76. The maximum absolute atomic E-state index is 13.3. The van der Waals surface area contributed by atoms with Crippen LogP contribution in [0.1, 0.15) is 12.5 Å². The lowest BCUT2D eigenvalue weighted by atomic mass is 10.1. The van der Waals surface area contributed by atoms with Crippen molar-refractivity contribution in [2.75, 3.05) is 12.1 Å². The Bertz CT molecular complexity index is 810. The molecular formula is C18H15FN2O2. The van der Waals surface area contributed by atoms with Crippen LogP contribution in [-0.4, -0.2) is 18.7 Å². The Hall–Kier alpha value is -2.95. The second-order valence-corrected chi connectivity index (χ2v) is 5.11. The molecule has 0 spiro atoms. The van der Waals surface area contributed by atoms with Crippen molar-refractivity contribution in [2.45, 2.75) is 6.92 Å². The fourth-order valence-electron chi connectivity index (χ4n) is 2.33. The van der Waals surface area contributed by atoms with Crippen LogP contribution in [0.2, 0.25) is 0 Å². The van der Waals surface area contributed by atoms with E-state index in [-0.39, 0.29) is 5.91 Å². The summed E-state index contributed by atoms with van der Waals surface area (Å²) in [6.07, 6.45) is 1.76. The largest absolute Gasteiger partial charge is 0.497 e. The maximum Gasteiger partial charge on any atom is 0.280 e. The molecule has 0 saturated carbocycles. The normalized spacial score (nSPS) is 16.0. The molecule has 23 heavy (non-hydrogen) atoms. The molecule has 0 saturated heterocycles. The van der Waals surface area contributed by atoms with Crippen LogP contribution in [0.5, 0.6) is 5.75 Å². The first-order valence-electron chi connectivity index (χ1n) is 7.10. The Labute approximate surface area is 133 Å². The zero-order valence-electron chi connectivity index (χ0n) is 12.8. The number of hydrazone groups is 1. The van der Waals surface area contributed by atoms with E-state index in [2.05, 4.69) is 5.10 Å². The van der Waals surface area contributed by atoms with Gasteiger partial charge in [0.05, 0.1) is 24.1 Å². The minimum Gasteiger partial charge on any atom is -0.497 e. The van der Waals surface area contributed by atoms with Crippen LogP contribution < -0.4 is 9.75 Å². The van der Waals surface area contributed by atoms with Gasteiger partial charge in [0.25, 0.3) is 5.91 Å². The molecule has 0 radical (unpaired) electrons. The first-order chi connectivity index (χ1) is 11.1. The third kappa shape index (κ3) is 2.99. The van der Waals surface area contributed by atoms with Crippen molar-refractivity contribution in [3.63, 3.8) is 0 Å². The molecule has 1 amide bonds. The van der Waals surface area contributed by atoms with E-state index in [0.717, 1.165) is 11.3 Å². The number of amides is 1. The number of anilines is 1. The summed E-state index contributed by atoms with van der Waals surface area (Å²) in [5, 5.41) is 5.45. The Morgan fingerprint density at radius 3 is 2.57 bits per heavy atom. The number of halogens is 1. The predicted octanol–water partition coefficient (Wildman–Crippen LogP) is 3.64. The van der Waals surface area contributed by atoms with E-state index >= 15 is 0 Å². The van der Waals surface area contributed by atoms with E-state index in [1.54, 1.807) is 32.2 Å². The summed E-state index contributed by atoms with van der Waals surface area (Å²) in [7, 11) is 1.60. The fourth-order valence-corrected chi connectivity index (χ4v) is 2.33. The molecule has 0 N–H and O–H groups in total. The highest BCUT2D eigenvalue weighted by molar-refractivity contribution is 6.32. The van der Waals surface area contributed by atoms with Crippen LogP contribution in [0.4, 0.5) is 10.1 Å². The standard InChI is InChI=1S/C18H15FN2O2/c1-12-17(10-13-6-8-16(23-2)9-7-13)18(22)21(20-12)15-5-3-4-14(19)11-15/h3-11H,1-2H3/b17-10-. The van der Waals surface area contributed by atoms with Crippen LogP contribution in [-0.2, 0) is 4.79 Å². The van der Waals surface area contributed by atoms with Gasteiger partial charge in [-0.3, -0.25) is 4.79 Å². The highest BCUT2D eigenvalue weighted by Gasteiger charge is 2.28. The number of rotatable bonds is 3. The summed E-state index contributed by atoms with van der Waals surface area (Å²) in [5.74, 6) is 0.0660. The van der Waals surface area contributed by atoms with Gasteiger partial charge in [0.15, 0.2) is 0 Å². The summed E-state index contributed by atoms with van der Waals surface area (Å²) in [4.78, 5) is 12.6. The maximum atomic E-state index is 13.3. The summed E-state index contributed by atoms with van der Waals surface area (Å²) in [5.41, 5.74) is 2.35. The molecule has 1 aliphatic rings. The van der Waals surface area contributed by atoms with Gasteiger partial charge < -0.3 is 4.74 Å². The molecule has 0 aromatic heterocycles. The predicted molar refractivity (Wildman–Crippen MR) is 88.0 cm³/mol. The van der Waals surface area contributed by atoms with Crippen LogP contribution in [0.3, 0.4) is 0 Å². The second-order valence-electron chi connectivity index (χ2n) is 5.11. The molecule has 2 aromatic carbocycles. The van der Waals surface area contributed by atoms with Crippen molar-refractivity contribution in [1.29, 1.82) is 0 Å². The molecule has 0 unspecified atom stereocenters. The number of ether oxygens (including phenoxy) is 1. The highest BCUT2D eigenvalue weighted by Crippen LogP contribution is 2.25. The number of carbonyl (C=O) groups excluding carboxylic acids is 1. The number of nitrogens with zero attached hydrogens (tertiary/aromatic N) is 2. The van der Waals surface area contributed by atoms with Crippen molar-refractivity contribution in [3.8, 4) is 5.75 Å². The molecule has 1 heterocycles. The molecule has 0 atom stereocenters. The SMILES string of the molecule is COc1ccc(/C=C2\C(=O)N(c3cccc(F)c3)N=C2C)cc1. The smallest absolute Gasteiger partial charge is 0.280 e. The van der Waals surface area contributed by atoms with Crippen molar-refractivity contribution in [3.05, 3.63) is 65.5 Å². The molecule has 116 valence electrons. The minimum atomic E-state index is -0.407. The van der Waals surface area contributed by atoms with Gasteiger partial charge in [-0.25, -0.2) is 4.39 Å². The van der Waals surface area contributed by atoms with Gasteiger partial charge >= 0.3 is 0 Å². The molecule has 4 nitrogen and oxygen atoms in total. The topological polar surface area (TPSA) is 41.9 Å². The van der Waals surface area contributed by atoms with Crippen LogP contribution in [0, 0.1) is 5.82 Å². The lowest BCUT2D eigenvalue weighted by Crippen LogP contribution is -2.21. The second kappa shape index (κ2) is 6.04. The molecule has 2 aromatic rings. The minimum absolute atomic E-state index is 0.274. The third-order valence-corrected chi connectivity index (χ3v) is 3.54. The first kappa shape index (κ1) is 15.0. The van der Waals surface area contributed by atoms with Crippen LogP contribution >= 0.6 is 0 Å². The van der Waals surface area contributed by atoms with Crippen molar-refractivity contribution < 1.29 is 13.9 Å². The summed E-state index contributed by atoms with van der Waals surface area (Å²) < 4.78 is 18.5. The van der Waals surface area contributed by atoms with Gasteiger partial charge in [-0.05, 0) is 48.9 Å². The number of methoxy groups -OCH3 is 1. The Morgan fingerprint density at radius 1 is 1.17 bits per heavy atom. The monoisotopic (exact) mass is 310 g/mol. The highest BCUT2D eigenvalue weighted by atomic mass is 19.1. The Kier molecular flexibility index (Phi) is 3.93. The quantitative estimate of drug-likeness (QED) is 0.812. The molecular weight excluding hydrogens is 295 g/mol. The van der Waals surface area contributed by atoms with Gasteiger partial charge in [-0.2, -0.15) is 10.1 Å². The molecule has 0 bridgehead atoms. The zero-order valence-corrected chi connectivity index (χ0v) is 12.8. The van der Waals surface area contributed by atoms with Crippen LogP contribution in [0.25, 0.3) is 6.08 Å². The average Bonchev–Trinajstić information content (AvgIpc) is 2.84. The van der Waals surface area contributed by atoms with Gasteiger partial charge in [0.1, 0.15) is 11.6 Å². The van der Waals surface area contributed by atoms with E-state index in [0.29, 0.717) is 17.0 Å². The number of benzene rings is 2. The Morgan fingerprint density at radius 2 is 1.91 bits per heavy atom. The number of hydrogen-bond acceptors (Lipinski definition) is 3. The van der Waals surface area contributed by atoms with E-state index in [9.17, 15) is 9.18 Å². The van der Waals surface area contributed by atoms with Gasteiger partial charge in [0.2, 0.25) is 0 Å². The molecule has 1 aliphatic heterocycles. The fraction of sp³-hybridized carbons (Fsp3) is 0.111. The van der Waals surface area contributed by atoms with Crippen molar-refractivity contribution >= 4 is 23.4 Å². The first-order valence-corrected chi connectivity index (χ1v) is 7.10. The zero-order chi connectivity index (χ0) is 16.4. The molecule has 0 aliphatic carbocycles. The van der Waals surface area contributed by atoms with Crippen molar-refractivity contribution in [2.24, 2.45) is 5.10 Å². The third-order valence-electron chi connectivity index (χ3n) is 3.54. The summed E-state index contributed by atoms with van der Waals surface area (Å²) in [6, 6.07) is 13.2. The van der Waals surface area contributed by atoms with E-state index in [1.165, 1.54) is 17.1 Å². The van der Waals surface area contributed by atoms with Crippen LogP contribution in [0.15, 0.2) is 59.2 Å². The molecule has 5 heteroatoms. The lowest BCUT2D eigenvalue weighted by molar-refractivity contribution is -0.114.